The summed E-state index contributed by atoms with van der Waals surface area (Å²) >= 11 is 0. The van der Waals surface area contributed by atoms with Crippen LogP contribution in [-0.2, 0) is 21.4 Å². The van der Waals surface area contributed by atoms with Crippen LogP contribution in [0.25, 0.3) is 0 Å². The van der Waals surface area contributed by atoms with Gasteiger partial charge in [-0.15, -0.1) is 0 Å². The molecule has 0 aliphatic carbocycles. The van der Waals surface area contributed by atoms with Crippen LogP contribution >= 0.6 is 0 Å². The highest BCUT2D eigenvalue weighted by molar-refractivity contribution is 5.96. The van der Waals surface area contributed by atoms with Crippen LogP contribution in [0, 0.1) is 5.92 Å². The van der Waals surface area contributed by atoms with Crippen molar-refractivity contribution in [3.63, 3.8) is 0 Å². The van der Waals surface area contributed by atoms with E-state index in [1.165, 1.54) is 11.0 Å². The molecule has 0 bridgehead atoms. The summed E-state index contributed by atoms with van der Waals surface area (Å²) in [5.74, 6) is -0.900. The van der Waals surface area contributed by atoms with Crippen molar-refractivity contribution in [3.8, 4) is 5.88 Å². The maximum atomic E-state index is 14.0. The van der Waals surface area contributed by atoms with Crippen LogP contribution in [0.4, 0.5) is 13.2 Å². The lowest BCUT2D eigenvalue weighted by atomic mass is 9.96. The number of ether oxygens (including phenoxy) is 2. The van der Waals surface area contributed by atoms with Crippen LogP contribution in [-0.4, -0.2) is 102 Å². The topological polar surface area (TPSA) is 112 Å². The monoisotopic (exact) mass is 657 g/mol. The van der Waals surface area contributed by atoms with Crippen molar-refractivity contribution in [2.45, 2.75) is 45.1 Å². The first-order valence-electron chi connectivity index (χ1n) is 16.0. The standard InChI is InChI=1S/C33H42F3N7O4/c1-5-24-21-42(31(45)25-10-11-27(46-6-2)39-29(25)33(34,35)36)15-16-43(24)26-12-13-32(47-7-3,23-9-8-14-37-18-23)40-28(26)30(44)38-17-22-19-41(4)20-22/h8-14,18,22,24,40H,5-7,15-17,19-21H2,1-4H3,(H,38,44)/t24-,32?/m1/s1. The molecule has 5 heterocycles. The zero-order valence-corrected chi connectivity index (χ0v) is 27.1. The van der Waals surface area contributed by atoms with Gasteiger partial charge in [-0.3, -0.25) is 14.6 Å². The molecule has 3 aliphatic rings. The molecular formula is C33H42F3N7O4. The van der Waals surface area contributed by atoms with Gasteiger partial charge in [0.15, 0.2) is 11.4 Å². The van der Waals surface area contributed by atoms with Gasteiger partial charge in [-0.1, -0.05) is 13.0 Å². The Morgan fingerprint density at radius 3 is 2.53 bits per heavy atom. The van der Waals surface area contributed by atoms with Gasteiger partial charge >= 0.3 is 6.18 Å². The van der Waals surface area contributed by atoms with E-state index in [1.807, 2.05) is 44.0 Å². The number of aromatic nitrogens is 2. The van der Waals surface area contributed by atoms with E-state index in [0.717, 1.165) is 24.7 Å². The number of rotatable bonds is 11. The molecule has 1 unspecified atom stereocenters. The molecule has 47 heavy (non-hydrogen) atoms. The number of allylic oxidation sites excluding steroid dienone is 1. The number of carbonyl (C=O) groups excluding carboxylic acids is 2. The number of nitrogens with zero attached hydrogens (tertiary/aromatic N) is 5. The minimum absolute atomic E-state index is 0.139. The normalized spacial score (nSPS) is 22.1. The van der Waals surface area contributed by atoms with E-state index < -0.39 is 29.1 Å². The zero-order valence-electron chi connectivity index (χ0n) is 27.1. The number of carbonyl (C=O) groups is 2. The van der Waals surface area contributed by atoms with Crippen molar-refractivity contribution in [2.24, 2.45) is 5.92 Å². The molecule has 2 fully saturated rings. The molecule has 14 heteroatoms. The maximum Gasteiger partial charge on any atom is 0.434 e. The molecule has 254 valence electrons. The molecule has 2 atom stereocenters. The molecule has 0 spiro atoms. The molecule has 0 radical (unpaired) electrons. The van der Waals surface area contributed by atoms with Crippen LogP contribution in [0.1, 0.15) is 48.8 Å². The number of hydrogen-bond acceptors (Lipinski definition) is 9. The van der Waals surface area contributed by atoms with Gasteiger partial charge in [0.25, 0.3) is 11.8 Å². The fourth-order valence-corrected chi connectivity index (χ4v) is 6.35. The molecule has 11 nitrogen and oxygen atoms in total. The quantitative estimate of drug-likeness (QED) is 0.376. The van der Waals surface area contributed by atoms with Crippen molar-refractivity contribution in [1.82, 2.24) is 35.3 Å². The first kappa shape index (κ1) is 34.2. The lowest BCUT2D eigenvalue weighted by molar-refractivity contribution is -0.141. The number of nitrogens with one attached hydrogen (secondary N) is 2. The van der Waals surface area contributed by atoms with E-state index in [1.54, 1.807) is 25.4 Å². The number of piperazine rings is 1. The predicted molar refractivity (Wildman–Crippen MR) is 168 cm³/mol. The summed E-state index contributed by atoms with van der Waals surface area (Å²) in [5, 5.41) is 6.47. The minimum atomic E-state index is -4.84. The number of hydrogen-bond donors (Lipinski definition) is 2. The third-order valence-electron chi connectivity index (χ3n) is 8.63. The Hall–Kier alpha value is -4.17. The smallest absolute Gasteiger partial charge is 0.434 e. The van der Waals surface area contributed by atoms with Gasteiger partial charge in [0.2, 0.25) is 5.88 Å². The van der Waals surface area contributed by atoms with Gasteiger partial charge in [-0.2, -0.15) is 13.2 Å². The van der Waals surface area contributed by atoms with Crippen molar-refractivity contribution in [1.29, 1.82) is 0 Å². The third kappa shape index (κ3) is 7.38. The van der Waals surface area contributed by atoms with Crippen molar-refractivity contribution >= 4 is 11.8 Å². The number of likely N-dealkylation sites (tertiary alicyclic amines) is 1. The Balaban J connectivity index is 1.43. The van der Waals surface area contributed by atoms with E-state index in [2.05, 4.69) is 25.5 Å². The molecular weight excluding hydrogens is 615 g/mol. The number of dihydropyridines is 1. The van der Waals surface area contributed by atoms with Gasteiger partial charge in [-0.05, 0) is 51.6 Å². The SMILES string of the molecule is CCOc1ccc(C(=O)N2CCN(C3=C(C(=O)NCC4CN(C)C4)NC(OCC)(c4cccnc4)C=C3)[C@H](CC)C2)c(C(F)(F)F)n1. The Bertz CT molecular complexity index is 1500. The van der Waals surface area contributed by atoms with Gasteiger partial charge in [0, 0.05) is 81.9 Å². The van der Waals surface area contributed by atoms with Gasteiger partial charge in [0.05, 0.1) is 17.9 Å². The molecule has 2 saturated heterocycles. The first-order chi connectivity index (χ1) is 22.5. The molecule has 2 aromatic rings. The second-order valence-corrected chi connectivity index (χ2v) is 11.9. The summed E-state index contributed by atoms with van der Waals surface area (Å²) in [5.41, 5.74) is -1.30. The molecule has 5 rings (SSSR count). The van der Waals surface area contributed by atoms with Crippen molar-refractivity contribution < 1.29 is 32.2 Å². The molecule has 3 aliphatic heterocycles. The van der Waals surface area contributed by atoms with Crippen LogP contribution < -0.4 is 15.4 Å². The van der Waals surface area contributed by atoms with Crippen molar-refractivity contribution in [2.75, 3.05) is 59.5 Å². The van der Waals surface area contributed by atoms with Crippen molar-refractivity contribution in [3.05, 3.63) is 77.0 Å². The van der Waals surface area contributed by atoms with E-state index in [0.29, 0.717) is 36.9 Å². The highest BCUT2D eigenvalue weighted by atomic mass is 19.4. The fraction of sp³-hybridized carbons (Fsp3) is 0.515. The van der Waals surface area contributed by atoms with Gasteiger partial charge in [-0.25, -0.2) is 4.98 Å². The first-order valence-corrected chi connectivity index (χ1v) is 16.0. The molecule has 2 N–H and O–H groups in total. The number of halogens is 3. The van der Waals surface area contributed by atoms with Crippen LogP contribution in [0.5, 0.6) is 5.88 Å². The fourth-order valence-electron chi connectivity index (χ4n) is 6.35. The predicted octanol–water partition coefficient (Wildman–Crippen LogP) is 3.37. The summed E-state index contributed by atoms with van der Waals surface area (Å²) < 4.78 is 53.4. The van der Waals surface area contributed by atoms with E-state index in [4.69, 9.17) is 9.47 Å². The third-order valence-corrected chi connectivity index (χ3v) is 8.63. The average molecular weight is 658 g/mol. The summed E-state index contributed by atoms with van der Waals surface area (Å²) in [4.78, 5) is 41.0. The van der Waals surface area contributed by atoms with Crippen LogP contribution in [0.3, 0.4) is 0 Å². The lowest BCUT2D eigenvalue weighted by Gasteiger charge is -2.46. The highest BCUT2D eigenvalue weighted by Gasteiger charge is 2.42. The Labute approximate surface area is 272 Å². The Morgan fingerprint density at radius 1 is 1.11 bits per heavy atom. The molecule has 2 aromatic heterocycles. The summed E-state index contributed by atoms with van der Waals surface area (Å²) in [6.45, 7) is 8.82. The highest BCUT2D eigenvalue weighted by Crippen LogP contribution is 2.35. The molecule has 0 aromatic carbocycles. The van der Waals surface area contributed by atoms with E-state index in [9.17, 15) is 22.8 Å². The minimum Gasteiger partial charge on any atom is -0.478 e. The Kier molecular flexibility index (Phi) is 10.4. The van der Waals surface area contributed by atoms with Crippen LogP contribution in [0.2, 0.25) is 0 Å². The van der Waals surface area contributed by atoms with Gasteiger partial charge in [0.1, 0.15) is 5.70 Å². The van der Waals surface area contributed by atoms with E-state index in [-0.39, 0.29) is 44.1 Å². The number of amides is 2. The average Bonchev–Trinajstić information content (AvgIpc) is 3.05. The lowest BCUT2D eigenvalue weighted by Crippen LogP contribution is -2.57. The van der Waals surface area contributed by atoms with Crippen LogP contribution in [0.15, 0.2) is 60.2 Å². The summed E-state index contributed by atoms with van der Waals surface area (Å²) in [7, 11) is 2.03. The van der Waals surface area contributed by atoms with E-state index >= 15 is 0 Å². The molecule has 2 amide bonds. The number of pyridine rings is 2. The zero-order chi connectivity index (χ0) is 33.8. The summed E-state index contributed by atoms with van der Waals surface area (Å²) in [6, 6.07) is 5.78. The second kappa shape index (κ2) is 14.3. The second-order valence-electron chi connectivity index (χ2n) is 11.9. The Morgan fingerprint density at radius 2 is 1.89 bits per heavy atom. The summed E-state index contributed by atoms with van der Waals surface area (Å²) in [6.07, 6.45) is 2.77. The molecule has 0 saturated carbocycles. The number of alkyl halides is 3. The largest absolute Gasteiger partial charge is 0.478 e. The maximum absolute atomic E-state index is 14.0. The van der Waals surface area contributed by atoms with Gasteiger partial charge < -0.3 is 34.8 Å².